The van der Waals surface area contributed by atoms with Gasteiger partial charge in [0.15, 0.2) is 0 Å². The number of aromatic nitrogens is 1. The molecule has 2 N–H and O–H groups in total. The Morgan fingerprint density at radius 2 is 2.25 bits per heavy atom. The van der Waals surface area contributed by atoms with E-state index in [9.17, 15) is 0 Å². The molecule has 0 aromatic carbocycles. The van der Waals surface area contributed by atoms with Crippen molar-refractivity contribution >= 4 is 19.1 Å². The molecule has 2 nitrogen and oxygen atoms in total. The molecule has 3 heteroatoms. The summed E-state index contributed by atoms with van der Waals surface area (Å²) in [6.45, 7) is 0. The fourth-order valence-electron chi connectivity index (χ4n) is 0.479. The summed E-state index contributed by atoms with van der Waals surface area (Å²) < 4.78 is 0. The second-order valence-corrected chi connectivity index (χ2v) is 1.76. The molecule has 0 radical (unpaired) electrons. The normalized spacial score (nSPS) is 9.00. The van der Waals surface area contributed by atoms with Crippen LogP contribution in [0.5, 0.6) is 0 Å². The van der Waals surface area contributed by atoms with E-state index in [0.717, 1.165) is 5.46 Å². The smallest absolute Gasteiger partial charge is 0.141 e. The van der Waals surface area contributed by atoms with E-state index in [2.05, 4.69) is 4.98 Å². The molecule has 1 heterocycles. The Kier molecular flexibility index (Phi) is 1.20. The van der Waals surface area contributed by atoms with Crippen LogP contribution in [0, 0.1) is 0 Å². The van der Waals surface area contributed by atoms with E-state index in [1.165, 1.54) is 0 Å². The van der Waals surface area contributed by atoms with Crippen LogP contribution in [0.3, 0.4) is 0 Å². The highest BCUT2D eigenvalue weighted by atomic mass is 14.8. The zero-order valence-electron chi connectivity index (χ0n) is 4.76. The van der Waals surface area contributed by atoms with Crippen molar-refractivity contribution in [2.24, 2.45) is 0 Å². The summed E-state index contributed by atoms with van der Waals surface area (Å²) in [5.41, 5.74) is 6.45. The number of hydrogen-bond acceptors (Lipinski definition) is 2. The summed E-state index contributed by atoms with van der Waals surface area (Å²) in [7, 11) is 1.98. The van der Waals surface area contributed by atoms with Gasteiger partial charge in [0.1, 0.15) is 13.7 Å². The van der Waals surface area contributed by atoms with Crippen LogP contribution in [0.1, 0.15) is 0 Å². The molecule has 1 aromatic rings. The molecule has 0 saturated carbocycles. The lowest BCUT2D eigenvalue weighted by atomic mass is 9.99. The number of pyridine rings is 1. The largest absolute Gasteiger partial charge is 0.384 e. The summed E-state index contributed by atoms with van der Waals surface area (Å²) >= 11 is 0. The van der Waals surface area contributed by atoms with Gasteiger partial charge >= 0.3 is 0 Å². The minimum atomic E-state index is 0.579. The highest BCUT2D eigenvalue weighted by Crippen LogP contribution is 1.87. The van der Waals surface area contributed by atoms with Crippen LogP contribution in [-0.2, 0) is 0 Å². The van der Waals surface area contributed by atoms with Gasteiger partial charge in [0, 0.05) is 6.20 Å². The number of nitrogens with zero attached hydrogens (tertiary/aromatic N) is 1. The molecule has 8 heavy (non-hydrogen) atoms. The van der Waals surface area contributed by atoms with Crippen LogP contribution >= 0.6 is 0 Å². The fourth-order valence-corrected chi connectivity index (χ4v) is 0.479. The average Bonchev–Trinajstić information content (AvgIpc) is 1.77. The minimum absolute atomic E-state index is 0.579. The van der Waals surface area contributed by atoms with Crippen molar-refractivity contribution in [3.8, 4) is 0 Å². The standard InChI is InChI=1S/C5H7BN2/c6-4-1-2-5(7)8-3-4/h1-3H,6H2,(H2,7,8). The van der Waals surface area contributed by atoms with Gasteiger partial charge in [0.05, 0.1) is 0 Å². The molecule has 0 unspecified atom stereocenters. The number of nitrogens with two attached hydrogens (primary N) is 1. The van der Waals surface area contributed by atoms with E-state index in [1.807, 2.05) is 13.9 Å². The lowest BCUT2D eigenvalue weighted by Gasteiger charge is -1.89. The molecule has 0 spiro atoms. The van der Waals surface area contributed by atoms with E-state index in [4.69, 9.17) is 5.73 Å². The Morgan fingerprint density at radius 3 is 2.62 bits per heavy atom. The molecule has 0 amide bonds. The van der Waals surface area contributed by atoms with Crippen molar-refractivity contribution in [3.63, 3.8) is 0 Å². The monoisotopic (exact) mass is 106 g/mol. The van der Waals surface area contributed by atoms with Crippen LogP contribution in [-0.4, -0.2) is 12.8 Å². The van der Waals surface area contributed by atoms with Gasteiger partial charge < -0.3 is 5.73 Å². The fraction of sp³-hybridized carbons (Fsp3) is 0. The number of nitrogen functional groups attached to an aromatic ring is 1. The van der Waals surface area contributed by atoms with Gasteiger partial charge in [-0.25, -0.2) is 4.98 Å². The van der Waals surface area contributed by atoms with Crippen molar-refractivity contribution in [3.05, 3.63) is 18.3 Å². The van der Waals surface area contributed by atoms with Gasteiger partial charge in [0.25, 0.3) is 0 Å². The second-order valence-electron chi connectivity index (χ2n) is 1.76. The first-order valence-corrected chi connectivity index (χ1v) is 2.47. The van der Waals surface area contributed by atoms with Crippen LogP contribution in [0.25, 0.3) is 0 Å². The average molecular weight is 106 g/mol. The molecule has 0 aliphatic heterocycles. The van der Waals surface area contributed by atoms with Crippen LogP contribution in [0.4, 0.5) is 5.82 Å². The number of hydrogen-bond donors (Lipinski definition) is 1. The van der Waals surface area contributed by atoms with E-state index >= 15 is 0 Å². The Hall–Kier alpha value is -0.985. The van der Waals surface area contributed by atoms with Gasteiger partial charge in [-0.1, -0.05) is 11.5 Å². The zero-order chi connectivity index (χ0) is 5.98. The first kappa shape index (κ1) is 5.16. The third-order valence-electron chi connectivity index (χ3n) is 0.934. The van der Waals surface area contributed by atoms with Gasteiger partial charge in [-0.2, -0.15) is 0 Å². The van der Waals surface area contributed by atoms with Gasteiger partial charge in [-0.3, -0.25) is 0 Å². The maximum atomic E-state index is 5.32. The molecule has 0 aliphatic rings. The molecule has 0 bridgehead atoms. The highest BCUT2D eigenvalue weighted by molar-refractivity contribution is 6.32. The van der Waals surface area contributed by atoms with E-state index in [-0.39, 0.29) is 0 Å². The summed E-state index contributed by atoms with van der Waals surface area (Å²) in [6.07, 6.45) is 1.75. The van der Waals surface area contributed by atoms with Crippen molar-refractivity contribution < 1.29 is 0 Å². The molecule has 0 aliphatic carbocycles. The third-order valence-corrected chi connectivity index (χ3v) is 0.934. The van der Waals surface area contributed by atoms with E-state index < -0.39 is 0 Å². The first-order chi connectivity index (χ1) is 3.79. The Labute approximate surface area is 49.1 Å². The highest BCUT2D eigenvalue weighted by Gasteiger charge is 1.81. The Balaban J connectivity index is 3.03. The van der Waals surface area contributed by atoms with Crippen LogP contribution in [0.15, 0.2) is 18.3 Å². The molecular formula is C5H7BN2. The molecular weight excluding hydrogens is 98.9 g/mol. The van der Waals surface area contributed by atoms with Gasteiger partial charge in [-0.05, 0) is 6.07 Å². The minimum Gasteiger partial charge on any atom is -0.384 e. The Morgan fingerprint density at radius 1 is 1.50 bits per heavy atom. The predicted molar refractivity (Wildman–Crippen MR) is 36.8 cm³/mol. The summed E-state index contributed by atoms with van der Waals surface area (Å²) in [5.74, 6) is 0.579. The summed E-state index contributed by atoms with van der Waals surface area (Å²) in [5, 5.41) is 0. The topological polar surface area (TPSA) is 38.9 Å². The molecule has 40 valence electrons. The molecule has 0 saturated heterocycles. The lowest BCUT2D eigenvalue weighted by molar-refractivity contribution is 1.36. The van der Waals surface area contributed by atoms with Gasteiger partial charge in [0.2, 0.25) is 0 Å². The predicted octanol–water partition coefficient (Wildman–Crippen LogP) is -1.08. The number of anilines is 1. The number of rotatable bonds is 0. The van der Waals surface area contributed by atoms with Crippen molar-refractivity contribution in [1.82, 2.24) is 4.98 Å². The van der Waals surface area contributed by atoms with Gasteiger partial charge in [-0.15, -0.1) is 0 Å². The van der Waals surface area contributed by atoms with Crippen molar-refractivity contribution in [2.75, 3.05) is 5.73 Å². The van der Waals surface area contributed by atoms with E-state index in [0.29, 0.717) is 5.82 Å². The maximum absolute atomic E-state index is 5.32. The SMILES string of the molecule is Bc1ccc(N)nc1. The van der Waals surface area contributed by atoms with E-state index in [1.54, 1.807) is 12.3 Å². The Bertz CT molecular complexity index is 149. The van der Waals surface area contributed by atoms with Crippen LogP contribution < -0.4 is 11.2 Å². The summed E-state index contributed by atoms with van der Waals surface area (Å²) in [4.78, 5) is 3.86. The quantitative estimate of drug-likeness (QED) is 0.427. The van der Waals surface area contributed by atoms with Crippen LogP contribution in [0.2, 0.25) is 0 Å². The first-order valence-electron chi connectivity index (χ1n) is 2.47. The lowest BCUT2D eigenvalue weighted by Crippen LogP contribution is -2.03. The molecule has 0 fully saturated rings. The molecule has 0 atom stereocenters. The summed E-state index contributed by atoms with van der Waals surface area (Å²) in [6, 6.07) is 3.72. The van der Waals surface area contributed by atoms with Crippen molar-refractivity contribution in [1.29, 1.82) is 0 Å². The molecule has 1 rings (SSSR count). The molecule has 1 aromatic heterocycles. The second kappa shape index (κ2) is 1.86. The zero-order valence-corrected chi connectivity index (χ0v) is 4.76. The van der Waals surface area contributed by atoms with Crippen molar-refractivity contribution in [2.45, 2.75) is 0 Å². The maximum Gasteiger partial charge on any atom is 0.141 e. The third kappa shape index (κ3) is 0.995.